The van der Waals surface area contributed by atoms with E-state index >= 15 is 0 Å². The van der Waals surface area contributed by atoms with Crippen LogP contribution in [0.3, 0.4) is 0 Å². The van der Waals surface area contributed by atoms with E-state index in [1.165, 1.54) is 6.42 Å². The Balaban J connectivity index is 2.35. The Bertz CT molecular complexity index is 177. The van der Waals surface area contributed by atoms with Gasteiger partial charge in [-0.05, 0) is 33.6 Å². The summed E-state index contributed by atoms with van der Waals surface area (Å²) in [5.74, 6) is 0. The normalized spacial score (nSPS) is 31.8. The zero-order chi connectivity index (χ0) is 11.4. The Morgan fingerprint density at radius 3 is 2.67 bits per heavy atom. The van der Waals surface area contributed by atoms with E-state index < -0.39 is 0 Å². The number of thioether (sulfide) groups is 1. The Hall–Kier alpha value is 0.230. The monoisotopic (exact) mass is 232 g/mol. The zero-order valence-corrected chi connectivity index (χ0v) is 11.0. The van der Waals surface area contributed by atoms with E-state index in [4.69, 9.17) is 0 Å². The first-order chi connectivity index (χ1) is 7.08. The number of hydrogen-bond acceptors (Lipinski definition) is 4. The first-order valence-corrected chi connectivity index (χ1v) is 6.97. The Morgan fingerprint density at radius 2 is 2.27 bits per heavy atom. The van der Waals surface area contributed by atoms with Gasteiger partial charge in [-0.2, -0.15) is 11.8 Å². The summed E-state index contributed by atoms with van der Waals surface area (Å²) in [7, 11) is 2.18. The molecule has 0 bridgehead atoms. The van der Waals surface area contributed by atoms with Crippen LogP contribution < -0.4 is 5.32 Å². The van der Waals surface area contributed by atoms with Crippen LogP contribution in [0.4, 0.5) is 0 Å². The highest BCUT2D eigenvalue weighted by Gasteiger charge is 2.28. The molecule has 1 rings (SSSR count). The lowest BCUT2D eigenvalue weighted by Gasteiger charge is -2.25. The maximum absolute atomic E-state index is 9.20. The highest BCUT2D eigenvalue weighted by atomic mass is 32.2. The van der Waals surface area contributed by atoms with Crippen LogP contribution in [0.25, 0.3) is 0 Å². The molecule has 0 amide bonds. The number of nitrogens with one attached hydrogen (secondary N) is 1. The van der Waals surface area contributed by atoms with Crippen LogP contribution in [0.2, 0.25) is 0 Å². The van der Waals surface area contributed by atoms with Crippen LogP contribution in [0.5, 0.6) is 0 Å². The van der Waals surface area contributed by atoms with E-state index in [0.717, 1.165) is 6.54 Å². The summed E-state index contributed by atoms with van der Waals surface area (Å²) >= 11 is 1.74. The average Bonchev–Trinajstić information content (AvgIpc) is 2.47. The molecule has 3 nitrogen and oxygen atoms in total. The third-order valence-electron chi connectivity index (χ3n) is 3.43. The molecule has 0 radical (unpaired) electrons. The molecule has 0 aromatic carbocycles. The summed E-state index contributed by atoms with van der Waals surface area (Å²) in [6, 6.07) is 1.64. The highest BCUT2D eigenvalue weighted by Crippen LogP contribution is 2.17. The molecule has 4 atom stereocenters. The number of aliphatic hydroxyl groups excluding tert-OH is 1. The molecule has 0 aromatic rings. The van der Waals surface area contributed by atoms with Crippen molar-refractivity contribution < 1.29 is 5.11 Å². The van der Waals surface area contributed by atoms with Gasteiger partial charge in [-0.1, -0.05) is 0 Å². The smallest absolute Gasteiger partial charge is 0.0564 e. The van der Waals surface area contributed by atoms with Gasteiger partial charge in [0.1, 0.15) is 0 Å². The second kappa shape index (κ2) is 6.09. The van der Waals surface area contributed by atoms with E-state index in [2.05, 4.69) is 37.4 Å². The first kappa shape index (κ1) is 13.3. The number of likely N-dealkylation sites (N-methyl/N-ethyl adjacent to an activating group) is 1. The summed E-state index contributed by atoms with van der Waals surface area (Å²) in [6.45, 7) is 5.82. The van der Waals surface area contributed by atoms with Crippen molar-refractivity contribution >= 4 is 11.8 Å². The second-order valence-electron chi connectivity index (χ2n) is 4.63. The highest BCUT2D eigenvalue weighted by molar-refractivity contribution is 7.99. The molecule has 1 aliphatic rings. The molecule has 90 valence electrons. The van der Waals surface area contributed by atoms with E-state index in [1.807, 2.05) is 0 Å². The minimum absolute atomic E-state index is 0.257. The van der Waals surface area contributed by atoms with Gasteiger partial charge in [0.2, 0.25) is 0 Å². The van der Waals surface area contributed by atoms with Gasteiger partial charge in [0, 0.05) is 29.9 Å². The van der Waals surface area contributed by atoms with Gasteiger partial charge in [-0.25, -0.2) is 0 Å². The summed E-state index contributed by atoms with van der Waals surface area (Å²) in [5.41, 5.74) is 0. The van der Waals surface area contributed by atoms with Crippen molar-refractivity contribution in [3.8, 4) is 0 Å². The van der Waals surface area contributed by atoms with E-state index in [1.54, 1.807) is 11.8 Å². The maximum atomic E-state index is 9.20. The summed E-state index contributed by atoms with van der Waals surface area (Å²) in [6.07, 6.45) is 3.27. The van der Waals surface area contributed by atoms with Crippen LogP contribution in [0.15, 0.2) is 0 Å². The molecule has 0 aliphatic carbocycles. The van der Waals surface area contributed by atoms with Gasteiger partial charge >= 0.3 is 0 Å². The quantitative estimate of drug-likeness (QED) is 0.734. The molecule has 15 heavy (non-hydrogen) atoms. The number of nitrogens with zero attached hydrogens (tertiary/aromatic N) is 1. The van der Waals surface area contributed by atoms with Crippen LogP contribution in [-0.2, 0) is 0 Å². The fraction of sp³-hybridized carbons (Fsp3) is 1.00. The van der Waals surface area contributed by atoms with E-state index in [9.17, 15) is 5.11 Å². The number of aliphatic hydroxyl groups is 1. The number of rotatable bonds is 5. The van der Waals surface area contributed by atoms with Crippen molar-refractivity contribution in [2.75, 3.05) is 26.5 Å². The molecule has 0 aromatic heterocycles. The van der Waals surface area contributed by atoms with Crippen molar-refractivity contribution in [2.24, 2.45) is 0 Å². The zero-order valence-electron chi connectivity index (χ0n) is 10.2. The number of hydrogen-bond donors (Lipinski definition) is 2. The number of likely N-dealkylation sites (tertiary alicyclic amines) is 1. The molecule has 1 fully saturated rings. The van der Waals surface area contributed by atoms with Crippen molar-refractivity contribution in [1.29, 1.82) is 0 Å². The molecule has 4 heteroatoms. The molecule has 1 saturated heterocycles. The third-order valence-corrected chi connectivity index (χ3v) is 4.59. The minimum Gasteiger partial charge on any atom is -0.395 e. The van der Waals surface area contributed by atoms with Crippen molar-refractivity contribution in [3.63, 3.8) is 0 Å². The molecular formula is C11H24N2OS. The molecule has 1 heterocycles. The average molecular weight is 232 g/mol. The molecule has 2 N–H and O–H groups in total. The van der Waals surface area contributed by atoms with Gasteiger partial charge in [-0.3, -0.25) is 0 Å². The largest absolute Gasteiger partial charge is 0.395 e. The minimum atomic E-state index is 0.257. The van der Waals surface area contributed by atoms with Crippen LogP contribution in [-0.4, -0.2) is 59.8 Å². The van der Waals surface area contributed by atoms with Crippen LogP contribution >= 0.6 is 11.8 Å². The summed E-state index contributed by atoms with van der Waals surface area (Å²) < 4.78 is 0. The SMILES string of the molecule is CSC(CO)C(C)NC1CC(C)N(C)C1. The molecule has 1 aliphatic heterocycles. The predicted octanol–water partition coefficient (Wildman–Crippen LogP) is 0.781. The molecule has 0 spiro atoms. The van der Waals surface area contributed by atoms with Crippen LogP contribution in [0, 0.1) is 0 Å². The third kappa shape index (κ3) is 3.63. The van der Waals surface area contributed by atoms with Crippen molar-refractivity contribution in [1.82, 2.24) is 10.2 Å². The summed E-state index contributed by atoms with van der Waals surface area (Å²) in [4.78, 5) is 2.39. The van der Waals surface area contributed by atoms with E-state index in [-0.39, 0.29) is 6.61 Å². The lowest BCUT2D eigenvalue weighted by atomic mass is 10.1. The first-order valence-electron chi connectivity index (χ1n) is 5.68. The molecular weight excluding hydrogens is 208 g/mol. The fourth-order valence-electron chi connectivity index (χ4n) is 2.23. The standard InChI is InChI=1S/C11H24N2OS/c1-8-5-10(6-13(8)3)12-9(2)11(7-14)15-4/h8-12,14H,5-7H2,1-4H3. The lowest BCUT2D eigenvalue weighted by Crippen LogP contribution is -2.44. The predicted molar refractivity (Wildman–Crippen MR) is 67.5 cm³/mol. The summed E-state index contributed by atoms with van der Waals surface area (Å²) in [5, 5.41) is 13.1. The molecule has 0 saturated carbocycles. The van der Waals surface area contributed by atoms with Gasteiger partial charge in [0.05, 0.1) is 6.61 Å². The van der Waals surface area contributed by atoms with Crippen LogP contribution in [0.1, 0.15) is 20.3 Å². The van der Waals surface area contributed by atoms with Gasteiger partial charge in [0.25, 0.3) is 0 Å². The second-order valence-corrected chi connectivity index (χ2v) is 5.71. The van der Waals surface area contributed by atoms with Gasteiger partial charge < -0.3 is 15.3 Å². The van der Waals surface area contributed by atoms with E-state index in [0.29, 0.717) is 23.4 Å². The lowest BCUT2D eigenvalue weighted by molar-refractivity contribution is 0.269. The van der Waals surface area contributed by atoms with Gasteiger partial charge in [-0.15, -0.1) is 0 Å². The Labute approximate surface area is 97.6 Å². The Kier molecular flexibility index (Phi) is 5.39. The Morgan fingerprint density at radius 1 is 1.60 bits per heavy atom. The maximum Gasteiger partial charge on any atom is 0.0564 e. The van der Waals surface area contributed by atoms with Crippen molar-refractivity contribution in [2.45, 2.75) is 43.6 Å². The molecule has 4 unspecified atom stereocenters. The van der Waals surface area contributed by atoms with Crippen molar-refractivity contribution in [3.05, 3.63) is 0 Å². The van der Waals surface area contributed by atoms with Gasteiger partial charge in [0.15, 0.2) is 0 Å². The topological polar surface area (TPSA) is 35.5 Å². The fourth-order valence-corrected chi connectivity index (χ4v) is 2.87.